The summed E-state index contributed by atoms with van der Waals surface area (Å²) in [5.74, 6) is 0.753. The Hall–Kier alpha value is -2.09. The lowest BCUT2D eigenvalue weighted by atomic mass is 10.1. The minimum absolute atomic E-state index is 0.184. The van der Waals surface area contributed by atoms with Gasteiger partial charge in [-0.3, -0.25) is 9.21 Å². The van der Waals surface area contributed by atoms with Crippen molar-refractivity contribution in [1.29, 1.82) is 0 Å². The Morgan fingerprint density at radius 1 is 1.10 bits per heavy atom. The van der Waals surface area contributed by atoms with Gasteiger partial charge in [-0.1, -0.05) is 37.6 Å². The highest BCUT2D eigenvalue weighted by Crippen LogP contribution is 2.30. The summed E-state index contributed by atoms with van der Waals surface area (Å²) in [6, 6.07) is 12.7. The molecule has 0 unspecified atom stereocenters. The maximum atomic E-state index is 13.6. The monoisotopic (exact) mass is 446 g/mol. The Morgan fingerprint density at radius 3 is 2.52 bits per heavy atom. The summed E-state index contributed by atoms with van der Waals surface area (Å²) < 4.78 is 40.0. The number of benzene rings is 2. The quantitative estimate of drug-likeness (QED) is 0.585. The second-order valence-corrected chi connectivity index (χ2v) is 10.4. The fourth-order valence-corrected chi connectivity index (χ4v) is 5.44. The first-order valence-electron chi connectivity index (χ1n) is 10.9. The van der Waals surface area contributed by atoms with Crippen LogP contribution in [0.5, 0.6) is 5.75 Å². The molecule has 31 heavy (non-hydrogen) atoms. The average Bonchev–Trinajstić information content (AvgIpc) is 2.73. The summed E-state index contributed by atoms with van der Waals surface area (Å²) >= 11 is 0. The van der Waals surface area contributed by atoms with Crippen molar-refractivity contribution < 1.29 is 17.9 Å². The van der Waals surface area contributed by atoms with Gasteiger partial charge in [0.25, 0.3) is 10.0 Å². The van der Waals surface area contributed by atoms with E-state index in [1.54, 1.807) is 18.2 Å². The number of nitrogens with zero attached hydrogens (tertiary/aromatic N) is 2. The molecule has 2 aromatic rings. The average molecular weight is 447 g/mol. The standard InChI is InChI=1S/C24H34N2O4S/c1-19(2)18-26(24-9-8-20(3)16-21(24)4)31(27,28)23-7-5-6-22(17-23)30-15-12-25-10-13-29-14-11-25/h5-9,16-17,19H,10-15,18H2,1-4H3. The molecule has 0 amide bonds. The minimum atomic E-state index is -3.73. The van der Waals surface area contributed by atoms with E-state index in [1.165, 1.54) is 4.31 Å². The third-order valence-electron chi connectivity index (χ3n) is 5.33. The number of hydrogen-bond acceptors (Lipinski definition) is 5. The van der Waals surface area contributed by atoms with Crippen molar-refractivity contribution in [2.45, 2.75) is 32.6 Å². The number of hydrogen-bond donors (Lipinski definition) is 0. The zero-order valence-corrected chi connectivity index (χ0v) is 19.8. The van der Waals surface area contributed by atoms with Crippen molar-refractivity contribution in [3.05, 3.63) is 53.6 Å². The molecule has 0 N–H and O–H groups in total. The van der Waals surface area contributed by atoms with E-state index in [0.29, 0.717) is 18.9 Å². The highest BCUT2D eigenvalue weighted by Gasteiger charge is 2.27. The van der Waals surface area contributed by atoms with Gasteiger partial charge in [-0.05, 0) is 43.5 Å². The lowest BCUT2D eigenvalue weighted by Gasteiger charge is -2.28. The summed E-state index contributed by atoms with van der Waals surface area (Å²) in [6.45, 7) is 13.0. The third-order valence-corrected chi connectivity index (χ3v) is 7.10. The Balaban J connectivity index is 1.80. The van der Waals surface area contributed by atoms with Crippen LogP contribution in [0.1, 0.15) is 25.0 Å². The van der Waals surface area contributed by atoms with Crippen LogP contribution in [0.25, 0.3) is 0 Å². The zero-order chi connectivity index (χ0) is 22.4. The van der Waals surface area contributed by atoms with Crippen molar-refractivity contribution in [1.82, 2.24) is 4.90 Å². The molecule has 1 saturated heterocycles. The van der Waals surface area contributed by atoms with Crippen LogP contribution >= 0.6 is 0 Å². The first-order chi connectivity index (χ1) is 14.8. The number of ether oxygens (including phenoxy) is 2. The van der Waals surface area contributed by atoms with E-state index in [9.17, 15) is 8.42 Å². The Labute approximate surface area is 186 Å². The normalized spacial score (nSPS) is 15.3. The van der Waals surface area contributed by atoms with Gasteiger partial charge in [0.05, 0.1) is 23.8 Å². The highest BCUT2D eigenvalue weighted by atomic mass is 32.2. The maximum Gasteiger partial charge on any atom is 0.264 e. The molecule has 0 aliphatic carbocycles. The van der Waals surface area contributed by atoms with Gasteiger partial charge >= 0.3 is 0 Å². The van der Waals surface area contributed by atoms with Gasteiger partial charge in [0, 0.05) is 32.2 Å². The molecule has 2 aromatic carbocycles. The molecule has 0 bridgehead atoms. The van der Waals surface area contributed by atoms with Gasteiger partial charge in [-0.25, -0.2) is 8.42 Å². The van der Waals surface area contributed by atoms with E-state index in [0.717, 1.165) is 49.7 Å². The largest absolute Gasteiger partial charge is 0.492 e. The molecule has 1 fully saturated rings. The molecule has 6 nitrogen and oxygen atoms in total. The molecule has 3 rings (SSSR count). The molecule has 1 heterocycles. The molecule has 0 atom stereocenters. The SMILES string of the molecule is Cc1ccc(N(CC(C)C)S(=O)(=O)c2cccc(OCCN3CCOCC3)c2)c(C)c1. The maximum absolute atomic E-state index is 13.6. The fraction of sp³-hybridized carbons (Fsp3) is 0.500. The molecule has 7 heteroatoms. The van der Waals surface area contributed by atoms with Crippen LogP contribution in [-0.2, 0) is 14.8 Å². The van der Waals surface area contributed by atoms with E-state index in [1.807, 2.05) is 52.0 Å². The van der Waals surface area contributed by atoms with Gasteiger partial charge in [0.1, 0.15) is 12.4 Å². The van der Waals surface area contributed by atoms with Crippen molar-refractivity contribution in [2.24, 2.45) is 5.92 Å². The van der Waals surface area contributed by atoms with Crippen LogP contribution < -0.4 is 9.04 Å². The fourth-order valence-electron chi connectivity index (χ4n) is 3.71. The van der Waals surface area contributed by atoms with Crippen LogP contribution in [0.4, 0.5) is 5.69 Å². The van der Waals surface area contributed by atoms with Crippen molar-refractivity contribution in [3.8, 4) is 5.75 Å². The number of rotatable bonds is 9. The predicted octanol–water partition coefficient (Wildman–Crippen LogP) is 3.87. The summed E-state index contributed by atoms with van der Waals surface area (Å²) in [5, 5.41) is 0. The van der Waals surface area contributed by atoms with Crippen LogP contribution in [0, 0.1) is 19.8 Å². The lowest BCUT2D eigenvalue weighted by Crippen LogP contribution is -2.38. The van der Waals surface area contributed by atoms with Crippen LogP contribution in [0.2, 0.25) is 0 Å². The van der Waals surface area contributed by atoms with E-state index >= 15 is 0 Å². The second kappa shape index (κ2) is 10.5. The molecule has 1 aliphatic rings. The second-order valence-electron chi connectivity index (χ2n) is 8.50. The van der Waals surface area contributed by atoms with E-state index in [2.05, 4.69) is 4.90 Å². The van der Waals surface area contributed by atoms with Crippen molar-refractivity contribution >= 4 is 15.7 Å². The predicted molar refractivity (Wildman–Crippen MR) is 124 cm³/mol. The van der Waals surface area contributed by atoms with E-state index < -0.39 is 10.0 Å². The van der Waals surface area contributed by atoms with Crippen molar-refractivity contribution in [2.75, 3.05) is 50.3 Å². The van der Waals surface area contributed by atoms with Gasteiger partial charge in [-0.15, -0.1) is 0 Å². The summed E-state index contributed by atoms with van der Waals surface area (Å²) in [4.78, 5) is 2.53. The molecule has 0 spiro atoms. The molecular weight excluding hydrogens is 412 g/mol. The minimum Gasteiger partial charge on any atom is -0.492 e. The smallest absolute Gasteiger partial charge is 0.264 e. The van der Waals surface area contributed by atoms with Crippen LogP contribution in [-0.4, -0.2) is 59.3 Å². The van der Waals surface area contributed by atoms with Gasteiger partial charge < -0.3 is 9.47 Å². The first kappa shape index (κ1) is 23.6. The van der Waals surface area contributed by atoms with Gasteiger partial charge in [0.2, 0.25) is 0 Å². The first-order valence-corrected chi connectivity index (χ1v) is 12.3. The summed E-state index contributed by atoms with van der Waals surface area (Å²) in [6.07, 6.45) is 0. The van der Waals surface area contributed by atoms with Crippen molar-refractivity contribution in [3.63, 3.8) is 0 Å². The van der Waals surface area contributed by atoms with Gasteiger partial charge in [0.15, 0.2) is 0 Å². The van der Waals surface area contributed by atoms with Gasteiger partial charge in [-0.2, -0.15) is 0 Å². The number of anilines is 1. The van der Waals surface area contributed by atoms with E-state index in [-0.39, 0.29) is 10.8 Å². The Kier molecular flexibility index (Phi) is 7.97. The Bertz CT molecular complexity index is 969. The number of aryl methyl sites for hydroxylation is 2. The zero-order valence-electron chi connectivity index (χ0n) is 19.0. The lowest BCUT2D eigenvalue weighted by molar-refractivity contribution is 0.0322. The molecule has 0 saturated carbocycles. The molecule has 0 radical (unpaired) electrons. The summed E-state index contributed by atoms with van der Waals surface area (Å²) in [5.41, 5.74) is 2.78. The van der Waals surface area contributed by atoms with Crippen LogP contribution in [0.15, 0.2) is 47.4 Å². The molecular formula is C24H34N2O4S. The number of morpholine rings is 1. The third kappa shape index (κ3) is 6.21. The molecule has 170 valence electrons. The highest BCUT2D eigenvalue weighted by molar-refractivity contribution is 7.92. The van der Waals surface area contributed by atoms with Crippen LogP contribution in [0.3, 0.4) is 0 Å². The molecule has 1 aliphatic heterocycles. The number of sulfonamides is 1. The topological polar surface area (TPSA) is 59.1 Å². The Morgan fingerprint density at radius 2 is 1.84 bits per heavy atom. The van der Waals surface area contributed by atoms with E-state index in [4.69, 9.17) is 9.47 Å². The summed E-state index contributed by atoms with van der Waals surface area (Å²) in [7, 11) is -3.73. The molecule has 0 aromatic heterocycles.